The zero-order valence-corrected chi connectivity index (χ0v) is 20.7. The van der Waals surface area contributed by atoms with Gasteiger partial charge in [-0.1, -0.05) is 19.9 Å². The van der Waals surface area contributed by atoms with E-state index in [4.69, 9.17) is 9.97 Å². The van der Waals surface area contributed by atoms with E-state index in [1.54, 1.807) is 24.7 Å². The highest BCUT2D eigenvalue weighted by atomic mass is 19.1. The highest BCUT2D eigenvalue weighted by molar-refractivity contribution is 5.83. The summed E-state index contributed by atoms with van der Waals surface area (Å²) in [5.74, 6) is -0.536. The fourth-order valence-corrected chi connectivity index (χ4v) is 4.44. The van der Waals surface area contributed by atoms with Crippen LogP contribution in [0.3, 0.4) is 0 Å². The molecule has 0 saturated carbocycles. The summed E-state index contributed by atoms with van der Waals surface area (Å²) in [6.45, 7) is 5.91. The lowest BCUT2D eigenvalue weighted by Gasteiger charge is -2.36. The average molecular weight is 512 g/mol. The van der Waals surface area contributed by atoms with Crippen molar-refractivity contribution in [1.29, 1.82) is 0 Å². The summed E-state index contributed by atoms with van der Waals surface area (Å²) >= 11 is 0. The minimum absolute atomic E-state index is 0.0147. The molecule has 5 rings (SSSR count). The van der Waals surface area contributed by atoms with Crippen LogP contribution in [-0.2, 0) is 13.3 Å². The minimum Gasteiger partial charge on any atom is -0.387 e. The van der Waals surface area contributed by atoms with Crippen LogP contribution in [0.15, 0.2) is 42.9 Å². The second kappa shape index (κ2) is 10.4. The number of halogens is 3. The molecule has 1 atom stereocenters. The average Bonchev–Trinajstić information content (AvgIpc) is 3.38. The van der Waals surface area contributed by atoms with Crippen LogP contribution in [-0.4, -0.2) is 60.9 Å². The van der Waals surface area contributed by atoms with Crippen LogP contribution in [0.4, 0.5) is 19.0 Å². The molecular weight excluding hydrogens is 483 g/mol. The largest absolute Gasteiger partial charge is 0.387 e. The Bertz CT molecular complexity index is 1400. The van der Waals surface area contributed by atoms with Gasteiger partial charge >= 0.3 is 0 Å². The molecule has 1 aliphatic heterocycles. The van der Waals surface area contributed by atoms with Crippen LogP contribution >= 0.6 is 0 Å². The van der Waals surface area contributed by atoms with Crippen LogP contribution in [0.1, 0.15) is 31.2 Å². The Morgan fingerprint density at radius 2 is 1.78 bits per heavy atom. The summed E-state index contributed by atoms with van der Waals surface area (Å²) in [6.07, 6.45) is 4.01. The first-order valence-electron chi connectivity index (χ1n) is 12.2. The van der Waals surface area contributed by atoms with E-state index in [0.717, 1.165) is 6.07 Å². The molecule has 194 valence electrons. The van der Waals surface area contributed by atoms with E-state index >= 15 is 0 Å². The standard InChI is InChI=1S/C26H28F3N7O/c1-16(2)25(37)22-10-21-23(12-30-22)33-26(24(32-21)18-11-31-36(14-18)15-27)35-7-5-34(6-8-35)13-17-3-4-19(28)9-20(17)29/h3-4,9-12,14,16,25,37H,5-8,13,15H2,1-2H3. The summed E-state index contributed by atoms with van der Waals surface area (Å²) in [5.41, 5.74) is 3.29. The molecule has 0 bridgehead atoms. The second-order valence-corrected chi connectivity index (χ2v) is 9.57. The van der Waals surface area contributed by atoms with Crippen molar-refractivity contribution in [3.05, 3.63) is 65.7 Å². The van der Waals surface area contributed by atoms with Gasteiger partial charge in [-0.15, -0.1) is 0 Å². The third kappa shape index (κ3) is 5.28. The number of pyridine rings is 1. The van der Waals surface area contributed by atoms with Gasteiger partial charge in [-0.3, -0.25) is 9.88 Å². The molecule has 0 aliphatic carbocycles. The van der Waals surface area contributed by atoms with Gasteiger partial charge in [0.2, 0.25) is 0 Å². The van der Waals surface area contributed by atoms with Gasteiger partial charge in [0.05, 0.1) is 29.7 Å². The molecule has 0 spiro atoms. The first-order valence-corrected chi connectivity index (χ1v) is 12.2. The lowest BCUT2D eigenvalue weighted by molar-refractivity contribution is 0.122. The molecule has 1 aliphatic rings. The molecule has 3 aromatic heterocycles. The van der Waals surface area contributed by atoms with Gasteiger partial charge in [0.25, 0.3) is 0 Å². The number of nitrogens with zero attached hydrogens (tertiary/aromatic N) is 7. The smallest absolute Gasteiger partial charge is 0.181 e. The van der Waals surface area contributed by atoms with Gasteiger partial charge in [-0.2, -0.15) is 5.10 Å². The third-order valence-electron chi connectivity index (χ3n) is 6.60. The molecular formula is C26H28F3N7O. The number of anilines is 1. The summed E-state index contributed by atoms with van der Waals surface area (Å²) in [7, 11) is 0. The molecule has 1 fully saturated rings. The highest BCUT2D eigenvalue weighted by Gasteiger charge is 2.24. The first kappa shape index (κ1) is 25.1. The number of benzene rings is 1. The first-order chi connectivity index (χ1) is 17.8. The van der Waals surface area contributed by atoms with Crippen molar-refractivity contribution in [2.24, 2.45) is 5.92 Å². The van der Waals surface area contributed by atoms with Crippen LogP contribution in [0.2, 0.25) is 0 Å². The van der Waals surface area contributed by atoms with Crippen LogP contribution in [0.5, 0.6) is 0 Å². The lowest BCUT2D eigenvalue weighted by Crippen LogP contribution is -2.46. The molecule has 1 saturated heterocycles. The molecule has 0 radical (unpaired) electrons. The molecule has 4 heterocycles. The van der Waals surface area contributed by atoms with Crippen molar-refractivity contribution >= 4 is 16.9 Å². The fraction of sp³-hybridized carbons (Fsp3) is 0.385. The van der Waals surface area contributed by atoms with E-state index in [0.29, 0.717) is 72.1 Å². The maximum atomic E-state index is 14.1. The monoisotopic (exact) mass is 511 g/mol. The number of aliphatic hydroxyl groups is 1. The van der Waals surface area contributed by atoms with E-state index in [2.05, 4.69) is 19.9 Å². The Balaban J connectivity index is 1.44. The molecule has 1 aromatic carbocycles. The highest BCUT2D eigenvalue weighted by Crippen LogP contribution is 2.31. The number of rotatable bonds is 7. The van der Waals surface area contributed by atoms with Crippen molar-refractivity contribution in [1.82, 2.24) is 29.6 Å². The van der Waals surface area contributed by atoms with E-state index in [1.807, 2.05) is 13.8 Å². The Kier molecular flexibility index (Phi) is 7.07. The van der Waals surface area contributed by atoms with E-state index in [-0.39, 0.29) is 5.92 Å². The number of aromatic nitrogens is 5. The van der Waals surface area contributed by atoms with Crippen molar-refractivity contribution in [3.63, 3.8) is 0 Å². The predicted octanol–water partition coefficient (Wildman–Crippen LogP) is 4.11. The molecule has 8 nitrogen and oxygen atoms in total. The van der Waals surface area contributed by atoms with E-state index in [1.165, 1.54) is 16.8 Å². The van der Waals surface area contributed by atoms with Crippen LogP contribution in [0.25, 0.3) is 22.3 Å². The lowest BCUT2D eigenvalue weighted by atomic mass is 10.0. The van der Waals surface area contributed by atoms with Crippen LogP contribution < -0.4 is 4.90 Å². The number of fused-ring (bicyclic) bond motifs is 1. The number of hydrogen-bond acceptors (Lipinski definition) is 7. The molecule has 4 aromatic rings. The van der Waals surface area contributed by atoms with E-state index in [9.17, 15) is 18.3 Å². The van der Waals surface area contributed by atoms with Gasteiger partial charge in [0.1, 0.15) is 22.8 Å². The Hall–Kier alpha value is -3.57. The Morgan fingerprint density at radius 1 is 1.00 bits per heavy atom. The second-order valence-electron chi connectivity index (χ2n) is 9.57. The van der Waals surface area contributed by atoms with Gasteiger partial charge in [-0.05, 0) is 18.1 Å². The van der Waals surface area contributed by atoms with Crippen molar-refractivity contribution in [2.45, 2.75) is 33.3 Å². The molecule has 0 amide bonds. The molecule has 11 heteroatoms. The Morgan fingerprint density at radius 3 is 2.46 bits per heavy atom. The molecule has 1 unspecified atom stereocenters. The molecule has 37 heavy (non-hydrogen) atoms. The Labute approximate surface area is 212 Å². The zero-order valence-electron chi connectivity index (χ0n) is 20.7. The SMILES string of the molecule is CC(C)C(O)c1cc2nc(-c3cnn(CF)c3)c(N3CCN(Cc4ccc(F)cc4F)CC3)nc2cn1. The van der Waals surface area contributed by atoms with Gasteiger partial charge < -0.3 is 10.0 Å². The summed E-state index contributed by atoms with van der Waals surface area (Å²) in [6, 6.07) is 5.38. The summed E-state index contributed by atoms with van der Waals surface area (Å²) < 4.78 is 41.8. The third-order valence-corrected chi connectivity index (χ3v) is 6.60. The number of piperazine rings is 1. The van der Waals surface area contributed by atoms with Gasteiger partial charge in [0, 0.05) is 56.1 Å². The normalized spacial score (nSPS) is 15.6. The van der Waals surface area contributed by atoms with Gasteiger partial charge in [-0.25, -0.2) is 27.8 Å². The number of aliphatic hydroxyl groups excluding tert-OH is 1. The summed E-state index contributed by atoms with van der Waals surface area (Å²) in [4.78, 5) is 18.3. The van der Waals surface area contributed by atoms with Crippen molar-refractivity contribution in [2.75, 3.05) is 31.1 Å². The minimum atomic E-state index is -0.760. The van der Waals surface area contributed by atoms with E-state index < -0.39 is 24.5 Å². The maximum absolute atomic E-state index is 14.1. The molecule has 1 N–H and O–H groups in total. The fourth-order valence-electron chi connectivity index (χ4n) is 4.44. The number of alkyl halides is 1. The quantitative estimate of drug-likeness (QED) is 0.400. The topological polar surface area (TPSA) is 83.2 Å². The van der Waals surface area contributed by atoms with Crippen molar-refractivity contribution in [3.8, 4) is 11.3 Å². The number of hydrogen-bond donors (Lipinski definition) is 1. The summed E-state index contributed by atoms with van der Waals surface area (Å²) in [5, 5.41) is 14.5. The maximum Gasteiger partial charge on any atom is 0.181 e. The van der Waals surface area contributed by atoms with Gasteiger partial charge in [0.15, 0.2) is 12.6 Å². The van der Waals surface area contributed by atoms with Crippen molar-refractivity contribution < 1.29 is 18.3 Å². The zero-order chi connectivity index (χ0) is 26.1. The predicted molar refractivity (Wildman–Crippen MR) is 133 cm³/mol. The van der Waals surface area contributed by atoms with Crippen LogP contribution in [0, 0.1) is 17.6 Å².